The summed E-state index contributed by atoms with van der Waals surface area (Å²) in [5, 5.41) is 5.10. The molecular weight excluding hydrogens is 466 g/mol. The molecule has 2 heterocycles. The van der Waals surface area contributed by atoms with Crippen molar-refractivity contribution in [3.05, 3.63) is 90.1 Å². The lowest BCUT2D eigenvalue weighted by Gasteiger charge is -2.09. The molecule has 3 aromatic carbocycles. The number of nitrogens with zero attached hydrogens (tertiary/aromatic N) is 1. The number of fused-ring (bicyclic) bond motifs is 3. The molecule has 1 amide bonds. The Morgan fingerprint density at radius 3 is 2.41 bits per heavy atom. The molecule has 0 saturated heterocycles. The Morgan fingerprint density at radius 1 is 0.892 bits per heavy atom. The van der Waals surface area contributed by atoms with Crippen molar-refractivity contribution in [2.24, 2.45) is 0 Å². The SMILES string of the molecule is COc1ccc(-c2nc(CNC(=O)/C=C/c3cc(OC)ccc3OC)cc3c2[nH]c2ccccc23)cc1. The van der Waals surface area contributed by atoms with Crippen LogP contribution < -0.4 is 19.5 Å². The number of nitrogens with one attached hydrogen (secondary N) is 2. The number of hydrogen-bond acceptors (Lipinski definition) is 5. The van der Waals surface area contributed by atoms with Gasteiger partial charge >= 0.3 is 0 Å². The summed E-state index contributed by atoms with van der Waals surface area (Å²) < 4.78 is 16.0. The average Bonchev–Trinajstić information content (AvgIpc) is 3.33. The van der Waals surface area contributed by atoms with E-state index in [1.807, 2.05) is 60.7 Å². The molecule has 0 bridgehead atoms. The summed E-state index contributed by atoms with van der Waals surface area (Å²) in [5.74, 6) is 1.87. The minimum absolute atomic E-state index is 0.239. The number of rotatable bonds is 8. The van der Waals surface area contributed by atoms with E-state index in [-0.39, 0.29) is 12.5 Å². The molecule has 0 radical (unpaired) electrons. The van der Waals surface area contributed by atoms with E-state index >= 15 is 0 Å². The van der Waals surface area contributed by atoms with E-state index in [1.54, 1.807) is 33.5 Å². The maximum atomic E-state index is 12.7. The van der Waals surface area contributed by atoms with Crippen molar-refractivity contribution in [3.8, 4) is 28.5 Å². The monoisotopic (exact) mass is 493 g/mol. The Morgan fingerprint density at radius 2 is 1.65 bits per heavy atom. The Hall–Kier alpha value is -4.78. The lowest BCUT2D eigenvalue weighted by Crippen LogP contribution is -2.21. The lowest BCUT2D eigenvalue weighted by atomic mass is 10.1. The molecule has 2 N–H and O–H groups in total. The van der Waals surface area contributed by atoms with Crippen molar-refractivity contribution in [1.82, 2.24) is 15.3 Å². The number of amides is 1. The van der Waals surface area contributed by atoms with Crippen LogP contribution in [-0.2, 0) is 11.3 Å². The summed E-state index contributed by atoms with van der Waals surface area (Å²) in [6.07, 6.45) is 3.18. The molecule has 0 aliphatic rings. The second-order valence-electron chi connectivity index (χ2n) is 8.44. The first-order chi connectivity index (χ1) is 18.1. The highest BCUT2D eigenvalue weighted by atomic mass is 16.5. The minimum atomic E-state index is -0.239. The van der Waals surface area contributed by atoms with E-state index in [0.717, 1.165) is 50.1 Å². The number of H-pyrrole nitrogens is 1. The summed E-state index contributed by atoms with van der Waals surface area (Å²) in [7, 11) is 4.83. The minimum Gasteiger partial charge on any atom is -0.497 e. The molecule has 37 heavy (non-hydrogen) atoms. The molecular formula is C30H27N3O4. The maximum absolute atomic E-state index is 12.7. The van der Waals surface area contributed by atoms with Crippen LogP contribution in [0.3, 0.4) is 0 Å². The maximum Gasteiger partial charge on any atom is 0.244 e. The van der Waals surface area contributed by atoms with Crippen LogP contribution in [0.15, 0.2) is 78.9 Å². The second-order valence-corrected chi connectivity index (χ2v) is 8.44. The molecule has 5 rings (SSSR count). The Labute approximate surface area is 214 Å². The zero-order valence-electron chi connectivity index (χ0n) is 20.9. The standard InChI is InChI=1S/C30H27N3O4/c1-35-22-11-8-19(9-12-22)29-30-25(24-6-4-5-7-26(24)33-30)17-21(32-29)18-31-28(34)15-10-20-16-23(36-2)13-14-27(20)37-3/h4-17,33H,18H2,1-3H3,(H,31,34)/b15-10+. The highest BCUT2D eigenvalue weighted by Crippen LogP contribution is 2.33. The van der Waals surface area contributed by atoms with Gasteiger partial charge in [0.15, 0.2) is 0 Å². The number of para-hydroxylation sites is 1. The second kappa shape index (κ2) is 10.5. The Kier molecular flexibility index (Phi) is 6.76. The molecule has 0 fully saturated rings. The van der Waals surface area contributed by atoms with E-state index in [2.05, 4.69) is 16.4 Å². The largest absolute Gasteiger partial charge is 0.497 e. The van der Waals surface area contributed by atoms with Gasteiger partial charge < -0.3 is 24.5 Å². The van der Waals surface area contributed by atoms with Crippen LogP contribution in [-0.4, -0.2) is 37.2 Å². The number of carbonyl (C=O) groups excluding carboxylic acids is 1. The number of methoxy groups -OCH3 is 3. The van der Waals surface area contributed by atoms with Crippen molar-refractivity contribution < 1.29 is 19.0 Å². The van der Waals surface area contributed by atoms with E-state index in [0.29, 0.717) is 11.5 Å². The van der Waals surface area contributed by atoms with Crippen molar-refractivity contribution in [3.63, 3.8) is 0 Å². The molecule has 5 aromatic rings. The van der Waals surface area contributed by atoms with Gasteiger partial charge in [-0.05, 0) is 60.7 Å². The predicted molar refractivity (Wildman–Crippen MR) is 146 cm³/mol. The lowest BCUT2D eigenvalue weighted by molar-refractivity contribution is -0.116. The molecule has 0 spiro atoms. The summed E-state index contributed by atoms with van der Waals surface area (Å²) in [4.78, 5) is 21.1. The summed E-state index contributed by atoms with van der Waals surface area (Å²) >= 11 is 0. The van der Waals surface area contributed by atoms with Crippen molar-refractivity contribution in [1.29, 1.82) is 0 Å². The summed E-state index contributed by atoms with van der Waals surface area (Å²) in [5.41, 5.74) is 5.26. The molecule has 0 atom stereocenters. The first-order valence-electron chi connectivity index (χ1n) is 11.8. The van der Waals surface area contributed by atoms with Gasteiger partial charge in [-0.2, -0.15) is 0 Å². The Balaban J connectivity index is 1.44. The molecule has 186 valence electrons. The fourth-order valence-electron chi connectivity index (χ4n) is 4.32. The third-order valence-corrected chi connectivity index (χ3v) is 6.21. The van der Waals surface area contributed by atoms with Crippen molar-refractivity contribution in [2.75, 3.05) is 21.3 Å². The zero-order chi connectivity index (χ0) is 25.8. The topological polar surface area (TPSA) is 85.5 Å². The normalized spacial score (nSPS) is 11.2. The van der Waals surface area contributed by atoms with Gasteiger partial charge in [0.25, 0.3) is 0 Å². The van der Waals surface area contributed by atoms with Gasteiger partial charge in [-0.15, -0.1) is 0 Å². The number of aromatic amines is 1. The van der Waals surface area contributed by atoms with Gasteiger partial charge in [-0.1, -0.05) is 18.2 Å². The van der Waals surface area contributed by atoms with Gasteiger partial charge in [-0.25, -0.2) is 4.98 Å². The van der Waals surface area contributed by atoms with Gasteiger partial charge in [0, 0.05) is 33.5 Å². The van der Waals surface area contributed by atoms with Crippen LogP contribution in [0.2, 0.25) is 0 Å². The summed E-state index contributed by atoms with van der Waals surface area (Å²) in [6.45, 7) is 0.275. The quantitative estimate of drug-likeness (QED) is 0.269. The highest BCUT2D eigenvalue weighted by molar-refractivity contribution is 6.11. The van der Waals surface area contributed by atoms with Crippen LogP contribution in [0.4, 0.5) is 0 Å². The number of pyridine rings is 1. The van der Waals surface area contributed by atoms with Gasteiger partial charge in [0.1, 0.15) is 17.2 Å². The molecule has 0 aliphatic heterocycles. The van der Waals surface area contributed by atoms with Gasteiger partial charge in [0.05, 0.1) is 44.8 Å². The molecule has 2 aromatic heterocycles. The number of ether oxygens (including phenoxy) is 3. The summed E-state index contributed by atoms with van der Waals surface area (Å²) in [6, 6.07) is 23.4. The first-order valence-corrected chi connectivity index (χ1v) is 11.8. The van der Waals surface area contributed by atoms with E-state index in [1.165, 1.54) is 6.08 Å². The third kappa shape index (κ3) is 4.97. The highest BCUT2D eigenvalue weighted by Gasteiger charge is 2.14. The van der Waals surface area contributed by atoms with Crippen molar-refractivity contribution >= 4 is 33.8 Å². The van der Waals surface area contributed by atoms with E-state index in [4.69, 9.17) is 19.2 Å². The fraction of sp³-hybridized carbons (Fsp3) is 0.133. The number of aromatic nitrogens is 2. The Bertz CT molecular complexity index is 1600. The molecule has 0 saturated carbocycles. The van der Waals surface area contributed by atoms with Gasteiger partial charge in [-0.3, -0.25) is 4.79 Å². The average molecular weight is 494 g/mol. The van der Waals surface area contributed by atoms with Crippen LogP contribution in [0.25, 0.3) is 39.1 Å². The molecule has 0 unspecified atom stereocenters. The number of carbonyl (C=O) groups is 1. The fourth-order valence-corrected chi connectivity index (χ4v) is 4.32. The van der Waals surface area contributed by atoms with Crippen molar-refractivity contribution in [2.45, 2.75) is 6.54 Å². The molecule has 0 aliphatic carbocycles. The predicted octanol–water partition coefficient (Wildman–Crippen LogP) is 5.74. The van der Waals surface area contributed by atoms with Crippen LogP contribution >= 0.6 is 0 Å². The van der Waals surface area contributed by atoms with E-state index in [9.17, 15) is 4.79 Å². The number of hydrogen-bond donors (Lipinski definition) is 2. The van der Waals surface area contributed by atoms with E-state index < -0.39 is 0 Å². The third-order valence-electron chi connectivity index (χ3n) is 6.21. The van der Waals surface area contributed by atoms with Crippen LogP contribution in [0.5, 0.6) is 17.2 Å². The smallest absolute Gasteiger partial charge is 0.244 e. The zero-order valence-corrected chi connectivity index (χ0v) is 20.9. The van der Waals surface area contributed by atoms with Gasteiger partial charge in [0.2, 0.25) is 5.91 Å². The molecule has 7 nitrogen and oxygen atoms in total. The molecule has 7 heteroatoms. The van der Waals surface area contributed by atoms with Crippen LogP contribution in [0, 0.1) is 0 Å². The van der Waals surface area contributed by atoms with Crippen LogP contribution in [0.1, 0.15) is 11.3 Å². The number of benzene rings is 3. The first kappa shape index (κ1) is 23.9.